The molecule has 0 aromatic carbocycles. The van der Waals surface area contributed by atoms with Crippen molar-refractivity contribution in [1.82, 2.24) is 9.47 Å². The third kappa shape index (κ3) is 3.83. The minimum atomic E-state index is -0.638. The number of hydrogen-bond acceptors (Lipinski definition) is 4. The predicted molar refractivity (Wildman–Crippen MR) is 96.9 cm³/mol. The molecule has 0 saturated carbocycles. The van der Waals surface area contributed by atoms with E-state index in [2.05, 4.69) is 6.58 Å². The van der Waals surface area contributed by atoms with Crippen molar-refractivity contribution < 1.29 is 19.1 Å². The fourth-order valence-electron chi connectivity index (χ4n) is 3.18. The number of ketones is 1. The lowest BCUT2D eigenvalue weighted by molar-refractivity contribution is -0.131. The van der Waals surface area contributed by atoms with Crippen LogP contribution in [0.25, 0.3) is 0 Å². The Hall–Kier alpha value is -2.37. The number of rotatable bonds is 8. The van der Waals surface area contributed by atoms with E-state index >= 15 is 0 Å². The van der Waals surface area contributed by atoms with E-state index in [1.165, 1.54) is 12.0 Å². The zero-order chi connectivity index (χ0) is 19.3. The smallest absolute Gasteiger partial charge is 0.354 e. The first-order valence-electron chi connectivity index (χ1n) is 8.49. The molecule has 0 bridgehead atoms. The van der Waals surface area contributed by atoms with Crippen LogP contribution >= 0.6 is 0 Å². The van der Waals surface area contributed by atoms with Gasteiger partial charge in [-0.3, -0.25) is 9.59 Å². The maximum absolute atomic E-state index is 13.1. The molecule has 1 aromatic rings. The van der Waals surface area contributed by atoms with E-state index in [0.29, 0.717) is 42.0 Å². The quantitative estimate of drug-likeness (QED) is 0.411. The van der Waals surface area contributed by atoms with Gasteiger partial charge in [-0.25, -0.2) is 4.79 Å². The molecule has 0 N–H and O–H groups in total. The third-order valence-electron chi connectivity index (χ3n) is 4.50. The van der Waals surface area contributed by atoms with Crippen LogP contribution in [0.2, 0.25) is 0 Å². The molecule has 0 radical (unpaired) electrons. The predicted octanol–water partition coefficient (Wildman–Crippen LogP) is 2.91. The Balaban J connectivity index is 3.42. The number of esters is 1. The Bertz CT molecular complexity index is 688. The average molecular weight is 348 g/mol. The molecule has 6 heteroatoms. The summed E-state index contributed by atoms with van der Waals surface area (Å²) in [6.45, 7) is 13.4. The molecular formula is C19H28N2O4. The highest BCUT2D eigenvalue weighted by molar-refractivity contribution is 6.06. The molecule has 0 saturated heterocycles. The number of amides is 1. The highest BCUT2D eigenvalue weighted by Gasteiger charge is 2.31. The lowest BCUT2D eigenvalue weighted by Gasteiger charge is -2.27. The van der Waals surface area contributed by atoms with Crippen LogP contribution in [0.4, 0.5) is 0 Å². The zero-order valence-corrected chi connectivity index (χ0v) is 16.0. The fourth-order valence-corrected chi connectivity index (χ4v) is 3.18. The minimum Gasteiger partial charge on any atom is -0.464 e. The molecule has 1 aromatic heterocycles. The van der Waals surface area contributed by atoms with Crippen LogP contribution in [0.1, 0.15) is 59.3 Å². The van der Waals surface area contributed by atoms with Crippen LogP contribution in [0.15, 0.2) is 12.7 Å². The SMILES string of the molecule is C=CCN(C(=O)CC)C(C)C(=O)c1c(C)c(C(=O)OC)n(CC)c1C. The molecule has 0 aliphatic heterocycles. The molecule has 1 amide bonds. The normalized spacial score (nSPS) is 11.8. The molecule has 1 heterocycles. The van der Waals surface area contributed by atoms with E-state index in [1.54, 1.807) is 31.4 Å². The molecule has 1 rings (SSSR count). The van der Waals surface area contributed by atoms with Crippen molar-refractivity contribution in [2.45, 2.75) is 53.6 Å². The van der Waals surface area contributed by atoms with Gasteiger partial charge in [0.25, 0.3) is 0 Å². The molecule has 0 aliphatic carbocycles. The van der Waals surface area contributed by atoms with Gasteiger partial charge >= 0.3 is 5.97 Å². The van der Waals surface area contributed by atoms with Gasteiger partial charge in [-0.1, -0.05) is 13.0 Å². The molecule has 0 spiro atoms. The second-order valence-corrected chi connectivity index (χ2v) is 5.90. The number of ether oxygens (including phenoxy) is 1. The summed E-state index contributed by atoms with van der Waals surface area (Å²) in [5.74, 6) is -0.767. The van der Waals surface area contributed by atoms with Crippen LogP contribution in [0.5, 0.6) is 0 Å². The summed E-state index contributed by atoms with van der Waals surface area (Å²) in [6, 6.07) is -0.638. The first-order valence-corrected chi connectivity index (χ1v) is 8.49. The van der Waals surface area contributed by atoms with Crippen molar-refractivity contribution in [1.29, 1.82) is 0 Å². The Morgan fingerprint density at radius 2 is 1.88 bits per heavy atom. The topological polar surface area (TPSA) is 68.6 Å². The van der Waals surface area contributed by atoms with Gasteiger partial charge < -0.3 is 14.2 Å². The third-order valence-corrected chi connectivity index (χ3v) is 4.50. The van der Waals surface area contributed by atoms with Crippen molar-refractivity contribution >= 4 is 17.7 Å². The monoisotopic (exact) mass is 348 g/mol. The van der Waals surface area contributed by atoms with Crippen LogP contribution in [0, 0.1) is 13.8 Å². The number of carbonyl (C=O) groups is 3. The van der Waals surface area contributed by atoms with Gasteiger partial charge in [0, 0.05) is 30.8 Å². The molecular weight excluding hydrogens is 320 g/mol. The largest absolute Gasteiger partial charge is 0.464 e. The van der Waals surface area contributed by atoms with Gasteiger partial charge in [0.05, 0.1) is 13.2 Å². The van der Waals surface area contributed by atoms with E-state index in [1.807, 2.05) is 13.8 Å². The molecule has 138 valence electrons. The lowest BCUT2D eigenvalue weighted by atomic mass is 9.99. The van der Waals surface area contributed by atoms with Gasteiger partial charge in [0.15, 0.2) is 5.78 Å². The number of methoxy groups -OCH3 is 1. The summed E-state index contributed by atoms with van der Waals surface area (Å²) in [4.78, 5) is 38.9. The Morgan fingerprint density at radius 3 is 2.32 bits per heavy atom. The zero-order valence-electron chi connectivity index (χ0n) is 16.0. The van der Waals surface area contributed by atoms with E-state index in [4.69, 9.17) is 4.74 Å². The second-order valence-electron chi connectivity index (χ2n) is 5.90. The molecule has 1 atom stereocenters. The first kappa shape index (κ1) is 20.7. The fraction of sp³-hybridized carbons (Fsp3) is 0.526. The van der Waals surface area contributed by atoms with Crippen molar-refractivity contribution in [3.05, 3.63) is 35.2 Å². The average Bonchev–Trinajstić information content (AvgIpc) is 2.86. The molecule has 6 nitrogen and oxygen atoms in total. The highest BCUT2D eigenvalue weighted by atomic mass is 16.5. The van der Waals surface area contributed by atoms with Crippen LogP contribution in [-0.4, -0.2) is 46.8 Å². The summed E-state index contributed by atoms with van der Waals surface area (Å²) >= 11 is 0. The number of carbonyl (C=O) groups excluding carboxylic acids is 3. The Labute approximate surface area is 149 Å². The van der Waals surface area contributed by atoms with Gasteiger partial charge in [-0.15, -0.1) is 6.58 Å². The standard InChI is InChI=1S/C19H28N2O4/c1-8-11-21(15(22)9-2)14(6)18(23)16-12(4)17(19(24)25-7)20(10-3)13(16)5/h8,14H,1,9-11H2,2-7H3. The van der Waals surface area contributed by atoms with Crippen molar-refractivity contribution in [2.24, 2.45) is 0 Å². The van der Waals surface area contributed by atoms with Crippen LogP contribution in [-0.2, 0) is 16.1 Å². The van der Waals surface area contributed by atoms with Crippen molar-refractivity contribution in [3.63, 3.8) is 0 Å². The maximum atomic E-state index is 13.1. The summed E-state index contributed by atoms with van der Waals surface area (Å²) < 4.78 is 6.64. The highest BCUT2D eigenvalue weighted by Crippen LogP contribution is 2.25. The van der Waals surface area contributed by atoms with Crippen molar-refractivity contribution in [2.75, 3.05) is 13.7 Å². The second kappa shape index (κ2) is 8.65. The molecule has 0 fully saturated rings. The van der Waals surface area contributed by atoms with Crippen LogP contribution < -0.4 is 0 Å². The van der Waals surface area contributed by atoms with Crippen molar-refractivity contribution in [3.8, 4) is 0 Å². The number of aromatic nitrogens is 1. The van der Waals surface area contributed by atoms with Gasteiger partial charge in [0.2, 0.25) is 5.91 Å². The van der Waals surface area contributed by atoms with Gasteiger partial charge in [0.1, 0.15) is 5.69 Å². The van der Waals surface area contributed by atoms with E-state index in [0.717, 1.165) is 0 Å². The molecule has 0 aliphatic rings. The Morgan fingerprint density at radius 1 is 1.28 bits per heavy atom. The van der Waals surface area contributed by atoms with E-state index in [9.17, 15) is 14.4 Å². The number of nitrogens with zero attached hydrogens (tertiary/aromatic N) is 2. The first-order chi connectivity index (χ1) is 11.8. The summed E-state index contributed by atoms with van der Waals surface area (Å²) in [6.07, 6.45) is 1.92. The van der Waals surface area contributed by atoms with E-state index in [-0.39, 0.29) is 11.7 Å². The minimum absolute atomic E-state index is 0.112. The molecule has 25 heavy (non-hydrogen) atoms. The molecule has 1 unspecified atom stereocenters. The maximum Gasteiger partial charge on any atom is 0.354 e. The van der Waals surface area contributed by atoms with Gasteiger partial charge in [-0.05, 0) is 33.3 Å². The lowest BCUT2D eigenvalue weighted by Crippen LogP contribution is -2.43. The summed E-state index contributed by atoms with van der Waals surface area (Å²) in [7, 11) is 1.32. The van der Waals surface area contributed by atoms with Crippen LogP contribution in [0.3, 0.4) is 0 Å². The van der Waals surface area contributed by atoms with E-state index < -0.39 is 12.0 Å². The van der Waals surface area contributed by atoms with Gasteiger partial charge in [-0.2, -0.15) is 0 Å². The number of Topliss-reactive ketones (excluding diaryl/α,β-unsaturated/α-hetero) is 1. The number of hydrogen-bond donors (Lipinski definition) is 0. The summed E-state index contributed by atoms with van der Waals surface area (Å²) in [5.41, 5.74) is 2.16. The summed E-state index contributed by atoms with van der Waals surface area (Å²) in [5, 5.41) is 0. The Kier molecular flexibility index (Phi) is 7.15.